The van der Waals surface area contributed by atoms with Crippen LogP contribution >= 0.6 is 15.9 Å². The van der Waals surface area contributed by atoms with Crippen molar-refractivity contribution in [3.8, 4) is 6.07 Å². The molecule has 3 aromatic rings. The molecule has 0 heterocycles. The van der Waals surface area contributed by atoms with Crippen LogP contribution in [0.2, 0.25) is 0 Å². The summed E-state index contributed by atoms with van der Waals surface area (Å²) in [5.41, 5.74) is 1.92. The van der Waals surface area contributed by atoms with Gasteiger partial charge in [-0.15, -0.1) is 0 Å². The summed E-state index contributed by atoms with van der Waals surface area (Å²) < 4.78 is 0.858. The van der Waals surface area contributed by atoms with Gasteiger partial charge in [0.05, 0.1) is 11.6 Å². The number of anilines is 1. The summed E-state index contributed by atoms with van der Waals surface area (Å²) in [6.45, 7) is 6.07. The number of benzene rings is 3. The zero-order valence-corrected chi connectivity index (χ0v) is 17.4. The summed E-state index contributed by atoms with van der Waals surface area (Å²) in [6.07, 6.45) is 0. The van der Waals surface area contributed by atoms with E-state index in [1.165, 1.54) is 0 Å². The summed E-state index contributed by atoms with van der Waals surface area (Å²) in [5, 5.41) is 13.5. The third-order valence-electron chi connectivity index (χ3n) is 4.51. The predicted molar refractivity (Wildman–Crippen MR) is 114 cm³/mol. The molecule has 0 aliphatic rings. The maximum atomic E-state index is 12.8. The standard InChI is InChI=1S/C23H19BrN2O2/c1-23(2,3)15-10-14(13-25)11-16(12-15)26-22(28)21(27)19-8-9-20(24)18-7-5-4-6-17(18)19/h4-12H,1-3H3,(H,26,28). The zero-order valence-electron chi connectivity index (χ0n) is 15.8. The number of rotatable bonds is 3. The van der Waals surface area contributed by atoms with Crippen molar-refractivity contribution >= 4 is 44.1 Å². The molecule has 1 amide bonds. The van der Waals surface area contributed by atoms with Gasteiger partial charge in [0.1, 0.15) is 0 Å². The van der Waals surface area contributed by atoms with Gasteiger partial charge in [0.15, 0.2) is 0 Å². The first kappa shape index (κ1) is 19.8. The van der Waals surface area contributed by atoms with Gasteiger partial charge in [-0.2, -0.15) is 5.26 Å². The maximum absolute atomic E-state index is 12.8. The Labute approximate surface area is 172 Å². The second-order valence-electron chi connectivity index (χ2n) is 7.58. The number of nitrogens with one attached hydrogen (secondary N) is 1. The van der Waals surface area contributed by atoms with Crippen molar-refractivity contribution in [2.45, 2.75) is 26.2 Å². The lowest BCUT2D eigenvalue weighted by Crippen LogP contribution is -2.23. The normalized spacial score (nSPS) is 11.1. The van der Waals surface area contributed by atoms with Gasteiger partial charge in [0.2, 0.25) is 0 Å². The molecule has 0 unspecified atom stereocenters. The Morgan fingerprint density at radius 2 is 1.68 bits per heavy atom. The minimum absolute atomic E-state index is 0.196. The molecule has 0 saturated heterocycles. The van der Waals surface area contributed by atoms with Crippen LogP contribution in [0.25, 0.3) is 10.8 Å². The Balaban J connectivity index is 1.96. The maximum Gasteiger partial charge on any atom is 0.296 e. The first-order valence-electron chi connectivity index (χ1n) is 8.79. The number of Topliss-reactive ketones (excluding diaryl/α,β-unsaturated/α-hetero) is 1. The van der Waals surface area contributed by atoms with Crippen LogP contribution in [0.5, 0.6) is 0 Å². The van der Waals surface area contributed by atoms with E-state index in [0.717, 1.165) is 15.4 Å². The van der Waals surface area contributed by atoms with Gasteiger partial charge in [-0.05, 0) is 52.1 Å². The molecule has 3 rings (SSSR count). The lowest BCUT2D eigenvalue weighted by Gasteiger charge is -2.20. The number of nitrogens with zero attached hydrogens (tertiary/aromatic N) is 1. The van der Waals surface area contributed by atoms with Crippen LogP contribution in [0.4, 0.5) is 5.69 Å². The molecule has 4 nitrogen and oxygen atoms in total. The fourth-order valence-corrected chi connectivity index (χ4v) is 3.45. The molecule has 0 aliphatic heterocycles. The Morgan fingerprint density at radius 3 is 2.32 bits per heavy atom. The van der Waals surface area contributed by atoms with Crippen molar-refractivity contribution in [1.29, 1.82) is 5.26 Å². The predicted octanol–water partition coefficient (Wildman–Crippen LogP) is 5.59. The molecule has 5 heteroatoms. The smallest absolute Gasteiger partial charge is 0.296 e. The molecule has 3 aromatic carbocycles. The molecule has 0 aliphatic carbocycles. The highest BCUT2D eigenvalue weighted by atomic mass is 79.9. The van der Waals surface area contributed by atoms with Crippen molar-refractivity contribution in [3.05, 3.63) is 75.8 Å². The topological polar surface area (TPSA) is 70.0 Å². The highest BCUT2D eigenvalue weighted by Gasteiger charge is 2.21. The van der Waals surface area contributed by atoms with Crippen molar-refractivity contribution in [1.82, 2.24) is 0 Å². The summed E-state index contributed by atoms with van der Waals surface area (Å²) >= 11 is 3.47. The SMILES string of the molecule is CC(C)(C)c1cc(C#N)cc(NC(=O)C(=O)c2ccc(Br)c3ccccc23)c1. The van der Waals surface area contributed by atoms with Crippen LogP contribution in [0, 0.1) is 11.3 Å². The molecule has 1 N–H and O–H groups in total. The van der Waals surface area contributed by atoms with E-state index >= 15 is 0 Å². The van der Waals surface area contributed by atoms with Crippen LogP contribution in [0.1, 0.15) is 42.3 Å². The van der Waals surface area contributed by atoms with Gasteiger partial charge in [0, 0.05) is 15.7 Å². The van der Waals surface area contributed by atoms with E-state index in [1.807, 2.05) is 45.0 Å². The first-order valence-corrected chi connectivity index (χ1v) is 9.58. The second kappa shape index (κ2) is 7.57. The average molecular weight is 435 g/mol. The van der Waals surface area contributed by atoms with Crippen LogP contribution in [0.3, 0.4) is 0 Å². The summed E-state index contributed by atoms with van der Waals surface area (Å²) in [7, 11) is 0. The Kier molecular flexibility index (Phi) is 5.35. The lowest BCUT2D eigenvalue weighted by molar-refractivity contribution is -0.112. The summed E-state index contributed by atoms with van der Waals surface area (Å²) in [5.74, 6) is -1.36. The van der Waals surface area contributed by atoms with Crippen molar-refractivity contribution < 1.29 is 9.59 Å². The van der Waals surface area contributed by atoms with E-state index in [9.17, 15) is 14.9 Å². The minimum atomic E-state index is -0.734. The largest absolute Gasteiger partial charge is 0.319 e. The van der Waals surface area contributed by atoms with E-state index in [2.05, 4.69) is 27.3 Å². The molecule has 140 valence electrons. The van der Waals surface area contributed by atoms with Crippen LogP contribution in [-0.4, -0.2) is 11.7 Å². The number of fused-ring (bicyclic) bond motifs is 1. The number of halogens is 1. The summed E-state index contributed by atoms with van der Waals surface area (Å²) in [4.78, 5) is 25.5. The molecule has 0 aromatic heterocycles. The zero-order chi connectivity index (χ0) is 20.5. The third kappa shape index (κ3) is 3.97. The van der Waals surface area contributed by atoms with E-state index in [1.54, 1.807) is 30.3 Å². The molecule has 0 bridgehead atoms. The minimum Gasteiger partial charge on any atom is -0.319 e. The molecule has 28 heavy (non-hydrogen) atoms. The molecule has 0 radical (unpaired) electrons. The van der Waals surface area contributed by atoms with Gasteiger partial charge in [-0.3, -0.25) is 9.59 Å². The van der Waals surface area contributed by atoms with E-state index in [0.29, 0.717) is 22.2 Å². The van der Waals surface area contributed by atoms with Gasteiger partial charge in [-0.25, -0.2) is 0 Å². The van der Waals surface area contributed by atoms with Crippen molar-refractivity contribution in [2.24, 2.45) is 0 Å². The van der Waals surface area contributed by atoms with E-state index < -0.39 is 11.7 Å². The fourth-order valence-electron chi connectivity index (χ4n) is 2.97. The highest BCUT2D eigenvalue weighted by molar-refractivity contribution is 9.10. The van der Waals surface area contributed by atoms with Gasteiger partial charge in [0.25, 0.3) is 11.7 Å². The molecular formula is C23H19BrN2O2. The van der Waals surface area contributed by atoms with Crippen LogP contribution in [0.15, 0.2) is 59.1 Å². The monoisotopic (exact) mass is 434 g/mol. The molecule has 0 saturated carbocycles. The number of ketones is 1. The van der Waals surface area contributed by atoms with Gasteiger partial charge >= 0.3 is 0 Å². The highest BCUT2D eigenvalue weighted by Crippen LogP contribution is 2.28. The average Bonchev–Trinajstić information content (AvgIpc) is 2.67. The van der Waals surface area contributed by atoms with Crippen molar-refractivity contribution in [3.63, 3.8) is 0 Å². The van der Waals surface area contributed by atoms with Crippen LogP contribution < -0.4 is 5.32 Å². The lowest BCUT2D eigenvalue weighted by atomic mass is 9.86. The number of amides is 1. The van der Waals surface area contributed by atoms with Crippen LogP contribution in [-0.2, 0) is 10.2 Å². The first-order chi connectivity index (χ1) is 13.2. The van der Waals surface area contributed by atoms with E-state index in [-0.39, 0.29) is 5.41 Å². The number of carbonyl (C=O) groups excluding carboxylic acids is 2. The Hall–Kier alpha value is -2.97. The third-order valence-corrected chi connectivity index (χ3v) is 5.20. The van der Waals surface area contributed by atoms with Gasteiger partial charge in [-0.1, -0.05) is 61.0 Å². The second-order valence-corrected chi connectivity index (χ2v) is 8.44. The Morgan fingerprint density at radius 1 is 1.00 bits per heavy atom. The Bertz CT molecular complexity index is 1140. The molecule has 0 atom stereocenters. The quantitative estimate of drug-likeness (QED) is 0.431. The molecule has 0 fully saturated rings. The fraction of sp³-hybridized carbons (Fsp3) is 0.174. The number of carbonyl (C=O) groups is 2. The van der Waals surface area contributed by atoms with Crippen molar-refractivity contribution in [2.75, 3.05) is 5.32 Å². The number of hydrogen-bond acceptors (Lipinski definition) is 3. The molecular weight excluding hydrogens is 416 g/mol. The summed E-state index contributed by atoms with van der Waals surface area (Å²) in [6, 6.07) is 18.1. The molecule has 0 spiro atoms. The number of nitriles is 1. The van der Waals surface area contributed by atoms with Gasteiger partial charge < -0.3 is 5.32 Å². The van der Waals surface area contributed by atoms with E-state index in [4.69, 9.17) is 0 Å². The number of hydrogen-bond donors (Lipinski definition) is 1.